The van der Waals surface area contributed by atoms with Gasteiger partial charge in [-0.1, -0.05) is 18.7 Å². The van der Waals surface area contributed by atoms with Crippen LogP contribution < -0.4 is 16.2 Å². The molecule has 0 saturated carbocycles. The molecular weight excluding hydrogens is 384 g/mol. The SMILES string of the molecule is CC(C)NC(=O)CNC(=O)CSc1nc2sc3c(c2c(=O)[nH]1)CC[C@H](C)C3. The Hall–Kier alpha value is -1.87. The highest BCUT2D eigenvalue weighted by atomic mass is 32.2. The lowest BCUT2D eigenvalue weighted by atomic mass is 9.89. The van der Waals surface area contributed by atoms with Gasteiger partial charge in [-0.15, -0.1) is 11.3 Å². The number of aryl methyl sites for hydroxylation is 1. The van der Waals surface area contributed by atoms with Gasteiger partial charge in [-0.2, -0.15) is 0 Å². The number of carbonyl (C=O) groups is 2. The van der Waals surface area contributed by atoms with Gasteiger partial charge in [0.05, 0.1) is 17.7 Å². The first kappa shape index (κ1) is 19.9. The molecule has 0 fully saturated rings. The topological polar surface area (TPSA) is 104 Å². The zero-order valence-corrected chi connectivity index (χ0v) is 17.3. The number of rotatable bonds is 6. The number of H-pyrrole nitrogens is 1. The minimum absolute atomic E-state index is 0.0318. The molecule has 0 radical (unpaired) electrons. The Morgan fingerprint density at radius 2 is 2.15 bits per heavy atom. The molecule has 0 bridgehead atoms. The van der Waals surface area contributed by atoms with Crippen molar-refractivity contribution in [2.45, 2.75) is 51.2 Å². The summed E-state index contributed by atoms with van der Waals surface area (Å²) >= 11 is 2.75. The van der Waals surface area contributed by atoms with E-state index < -0.39 is 0 Å². The Kier molecular flexibility index (Phi) is 6.21. The van der Waals surface area contributed by atoms with Crippen molar-refractivity contribution in [2.24, 2.45) is 5.92 Å². The zero-order chi connectivity index (χ0) is 19.6. The molecule has 0 aliphatic heterocycles. The molecule has 3 N–H and O–H groups in total. The highest BCUT2D eigenvalue weighted by Gasteiger charge is 2.23. The van der Waals surface area contributed by atoms with Crippen molar-refractivity contribution in [3.8, 4) is 0 Å². The molecule has 2 heterocycles. The number of fused-ring (bicyclic) bond motifs is 3. The van der Waals surface area contributed by atoms with Crippen molar-refractivity contribution in [1.29, 1.82) is 0 Å². The van der Waals surface area contributed by atoms with Crippen LogP contribution in [0.4, 0.5) is 0 Å². The van der Waals surface area contributed by atoms with Crippen LogP contribution in [0.5, 0.6) is 0 Å². The molecule has 1 atom stereocenters. The summed E-state index contributed by atoms with van der Waals surface area (Å²) in [6, 6.07) is 0.0318. The van der Waals surface area contributed by atoms with E-state index in [-0.39, 0.29) is 35.7 Å². The van der Waals surface area contributed by atoms with Gasteiger partial charge in [0.1, 0.15) is 4.83 Å². The number of nitrogens with one attached hydrogen (secondary N) is 3. The summed E-state index contributed by atoms with van der Waals surface area (Å²) in [5.41, 5.74) is 1.01. The summed E-state index contributed by atoms with van der Waals surface area (Å²) in [7, 11) is 0. The molecule has 2 amide bonds. The molecule has 9 heteroatoms. The van der Waals surface area contributed by atoms with Crippen molar-refractivity contribution in [3.63, 3.8) is 0 Å². The second kappa shape index (κ2) is 8.43. The fraction of sp³-hybridized carbons (Fsp3) is 0.556. The van der Waals surface area contributed by atoms with Crippen molar-refractivity contribution >= 4 is 45.1 Å². The predicted molar refractivity (Wildman–Crippen MR) is 108 cm³/mol. The lowest BCUT2D eigenvalue weighted by Crippen LogP contribution is -2.40. The van der Waals surface area contributed by atoms with Gasteiger partial charge in [0.25, 0.3) is 5.56 Å². The summed E-state index contributed by atoms with van der Waals surface area (Å²) in [6.07, 6.45) is 3.02. The van der Waals surface area contributed by atoms with Crippen LogP contribution in [0.1, 0.15) is 37.6 Å². The fourth-order valence-corrected chi connectivity index (χ4v) is 5.27. The monoisotopic (exact) mass is 408 g/mol. The number of hydrogen-bond acceptors (Lipinski definition) is 6. The Labute approximate surface area is 165 Å². The summed E-state index contributed by atoms with van der Waals surface area (Å²) in [5, 5.41) is 6.41. The largest absolute Gasteiger partial charge is 0.352 e. The van der Waals surface area contributed by atoms with Gasteiger partial charge in [-0.3, -0.25) is 14.4 Å². The van der Waals surface area contributed by atoms with E-state index in [2.05, 4.69) is 27.5 Å². The Morgan fingerprint density at radius 3 is 2.89 bits per heavy atom. The third-order valence-corrected chi connectivity index (χ3v) is 6.40. The van der Waals surface area contributed by atoms with Crippen molar-refractivity contribution in [3.05, 3.63) is 20.8 Å². The summed E-state index contributed by atoms with van der Waals surface area (Å²) in [4.78, 5) is 45.3. The number of carbonyl (C=O) groups excluding carboxylic acids is 2. The maximum atomic E-state index is 12.5. The van der Waals surface area contributed by atoms with Gasteiger partial charge in [-0.25, -0.2) is 4.98 Å². The van der Waals surface area contributed by atoms with Crippen LogP contribution in [0, 0.1) is 5.92 Å². The van der Waals surface area contributed by atoms with Gasteiger partial charge in [0, 0.05) is 10.9 Å². The molecule has 0 unspecified atom stereocenters. The first-order chi connectivity index (χ1) is 12.8. The Bertz CT molecular complexity index is 919. The average molecular weight is 409 g/mol. The molecule has 1 aliphatic rings. The Morgan fingerprint density at radius 1 is 1.37 bits per heavy atom. The number of aromatic amines is 1. The van der Waals surface area contributed by atoms with Gasteiger partial charge < -0.3 is 15.6 Å². The van der Waals surface area contributed by atoms with Crippen LogP contribution >= 0.6 is 23.1 Å². The third-order valence-electron chi connectivity index (χ3n) is 4.38. The van der Waals surface area contributed by atoms with Crippen LogP contribution in [-0.4, -0.2) is 40.1 Å². The molecule has 0 aromatic carbocycles. The molecule has 1 aliphatic carbocycles. The number of hydrogen-bond donors (Lipinski definition) is 3. The van der Waals surface area contributed by atoms with E-state index in [1.807, 2.05) is 13.8 Å². The molecule has 7 nitrogen and oxygen atoms in total. The summed E-state index contributed by atoms with van der Waals surface area (Å²) in [6.45, 7) is 5.89. The van der Waals surface area contributed by atoms with E-state index in [1.165, 1.54) is 16.6 Å². The van der Waals surface area contributed by atoms with E-state index in [9.17, 15) is 14.4 Å². The third kappa shape index (κ3) is 4.90. The van der Waals surface area contributed by atoms with Gasteiger partial charge >= 0.3 is 0 Å². The van der Waals surface area contributed by atoms with Gasteiger partial charge in [0.15, 0.2) is 5.16 Å². The second-order valence-corrected chi connectivity index (χ2v) is 9.24. The standard InChI is InChI=1S/C18H24N4O3S2/c1-9(2)20-13(23)7-19-14(24)8-26-18-21-16(25)15-11-5-4-10(3)6-12(11)27-17(15)22-18/h9-10H,4-8H2,1-3H3,(H,19,24)(H,20,23)(H,21,22,25)/t10-/m0/s1. The number of thiophene rings is 1. The maximum Gasteiger partial charge on any atom is 0.260 e. The molecule has 146 valence electrons. The van der Waals surface area contributed by atoms with E-state index in [1.54, 1.807) is 11.3 Å². The molecule has 2 aromatic rings. The predicted octanol–water partition coefficient (Wildman–Crippen LogP) is 1.84. The first-order valence-corrected chi connectivity index (χ1v) is 10.9. The van der Waals surface area contributed by atoms with E-state index in [0.717, 1.165) is 29.7 Å². The van der Waals surface area contributed by atoms with E-state index in [4.69, 9.17) is 0 Å². The van der Waals surface area contributed by atoms with Gasteiger partial charge in [-0.05, 0) is 44.6 Å². The molecule has 0 saturated heterocycles. The molecule has 2 aromatic heterocycles. The quantitative estimate of drug-likeness (QED) is 0.500. The summed E-state index contributed by atoms with van der Waals surface area (Å²) in [5.74, 6) is 0.219. The van der Waals surface area contributed by atoms with Crippen LogP contribution in [-0.2, 0) is 22.4 Å². The summed E-state index contributed by atoms with van der Waals surface area (Å²) < 4.78 is 0. The fourth-order valence-electron chi connectivity index (χ4n) is 3.13. The van der Waals surface area contributed by atoms with Crippen molar-refractivity contribution in [1.82, 2.24) is 20.6 Å². The highest BCUT2D eigenvalue weighted by molar-refractivity contribution is 7.99. The number of nitrogens with zero attached hydrogens (tertiary/aromatic N) is 1. The molecule has 27 heavy (non-hydrogen) atoms. The lowest BCUT2D eigenvalue weighted by Gasteiger charge is -2.17. The smallest absolute Gasteiger partial charge is 0.260 e. The zero-order valence-electron chi connectivity index (χ0n) is 15.7. The van der Waals surface area contributed by atoms with Crippen molar-refractivity contribution < 1.29 is 9.59 Å². The number of amides is 2. The Balaban J connectivity index is 1.63. The minimum atomic E-state index is -0.277. The van der Waals surface area contributed by atoms with Crippen LogP contribution in [0.2, 0.25) is 0 Å². The maximum absolute atomic E-state index is 12.5. The highest BCUT2D eigenvalue weighted by Crippen LogP contribution is 2.36. The second-order valence-electron chi connectivity index (χ2n) is 7.19. The minimum Gasteiger partial charge on any atom is -0.352 e. The molecule has 0 spiro atoms. The van der Waals surface area contributed by atoms with E-state index in [0.29, 0.717) is 16.5 Å². The lowest BCUT2D eigenvalue weighted by molar-refractivity contribution is -0.125. The normalized spacial score (nSPS) is 16.4. The number of aromatic nitrogens is 2. The number of thioether (sulfide) groups is 1. The van der Waals surface area contributed by atoms with Crippen molar-refractivity contribution in [2.75, 3.05) is 12.3 Å². The average Bonchev–Trinajstić information content (AvgIpc) is 2.95. The van der Waals surface area contributed by atoms with Crippen LogP contribution in [0.25, 0.3) is 10.2 Å². The van der Waals surface area contributed by atoms with E-state index >= 15 is 0 Å². The molecular formula is C18H24N4O3S2. The molecule has 3 rings (SSSR count). The van der Waals surface area contributed by atoms with Crippen LogP contribution in [0.15, 0.2) is 9.95 Å². The van der Waals surface area contributed by atoms with Crippen LogP contribution in [0.3, 0.4) is 0 Å². The van der Waals surface area contributed by atoms with Gasteiger partial charge in [0.2, 0.25) is 11.8 Å². The first-order valence-electron chi connectivity index (χ1n) is 9.07.